The number of esters is 1. The molecule has 0 aliphatic heterocycles. The molecule has 0 unspecified atom stereocenters. The third-order valence-corrected chi connectivity index (χ3v) is 1.49. The van der Waals surface area contributed by atoms with Crippen molar-refractivity contribution < 1.29 is 13.9 Å². The molecule has 1 heterocycles. The van der Waals surface area contributed by atoms with Gasteiger partial charge in [0, 0.05) is 6.20 Å². The number of aromatic amines is 1. The number of carbonyl (C=O) groups excluding carboxylic acids is 1. The number of hydrogen-bond acceptors (Lipinski definition) is 3. The molecule has 1 N–H and O–H groups in total. The average molecular weight is 185 g/mol. The van der Waals surface area contributed by atoms with Gasteiger partial charge in [-0.3, -0.25) is 9.59 Å². The number of halogens is 1. The molecule has 70 valence electrons. The van der Waals surface area contributed by atoms with Gasteiger partial charge in [0.05, 0.1) is 13.5 Å². The zero-order chi connectivity index (χ0) is 9.84. The predicted molar refractivity (Wildman–Crippen MR) is 42.7 cm³/mol. The van der Waals surface area contributed by atoms with Gasteiger partial charge in [-0.2, -0.15) is 0 Å². The minimum atomic E-state index is -0.901. The molecule has 0 spiro atoms. The Kier molecular flexibility index (Phi) is 2.79. The monoisotopic (exact) mass is 185 g/mol. The maximum Gasteiger partial charge on any atom is 0.310 e. The fraction of sp³-hybridized carbons (Fsp3) is 0.250. The summed E-state index contributed by atoms with van der Waals surface area (Å²) in [4.78, 5) is 23.5. The molecule has 0 aliphatic carbocycles. The summed E-state index contributed by atoms with van der Waals surface area (Å²) in [6.45, 7) is 0. The number of ether oxygens (including phenoxy) is 1. The van der Waals surface area contributed by atoms with Gasteiger partial charge in [0.15, 0.2) is 5.82 Å². The van der Waals surface area contributed by atoms with Gasteiger partial charge < -0.3 is 9.72 Å². The molecule has 0 amide bonds. The first kappa shape index (κ1) is 9.44. The quantitative estimate of drug-likeness (QED) is 0.671. The van der Waals surface area contributed by atoms with Crippen molar-refractivity contribution in [1.82, 2.24) is 4.98 Å². The van der Waals surface area contributed by atoms with Crippen LogP contribution < -0.4 is 5.56 Å². The van der Waals surface area contributed by atoms with E-state index in [4.69, 9.17) is 0 Å². The lowest BCUT2D eigenvalue weighted by molar-refractivity contribution is -0.139. The van der Waals surface area contributed by atoms with Crippen molar-refractivity contribution in [2.75, 3.05) is 7.11 Å². The molecule has 13 heavy (non-hydrogen) atoms. The standard InChI is InChI=1S/C8H8FNO3/c1-13-7(11)3-5-2-6(9)8(12)10-4-5/h2,4H,3H2,1H3,(H,10,12). The first-order valence-corrected chi connectivity index (χ1v) is 3.57. The Morgan fingerprint density at radius 1 is 1.69 bits per heavy atom. The first-order chi connectivity index (χ1) is 6.13. The summed E-state index contributed by atoms with van der Waals surface area (Å²) < 4.78 is 17.0. The van der Waals surface area contributed by atoms with Gasteiger partial charge in [0.25, 0.3) is 5.56 Å². The molecule has 5 heteroatoms. The highest BCUT2D eigenvalue weighted by atomic mass is 19.1. The number of aromatic nitrogens is 1. The number of methoxy groups -OCH3 is 1. The fourth-order valence-corrected chi connectivity index (χ4v) is 0.838. The van der Waals surface area contributed by atoms with Crippen molar-refractivity contribution in [3.63, 3.8) is 0 Å². The number of nitrogens with one attached hydrogen (secondary N) is 1. The summed E-state index contributed by atoms with van der Waals surface area (Å²) in [6.07, 6.45) is 1.23. The third-order valence-electron chi connectivity index (χ3n) is 1.49. The normalized spacial score (nSPS) is 9.69. The van der Waals surface area contributed by atoms with E-state index in [0.29, 0.717) is 5.56 Å². The number of pyridine rings is 1. The van der Waals surface area contributed by atoms with Crippen molar-refractivity contribution in [3.8, 4) is 0 Å². The first-order valence-electron chi connectivity index (χ1n) is 3.57. The number of hydrogen-bond donors (Lipinski definition) is 1. The highest BCUT2D eigenvalue weighted by Gasteiger charge is 2.05. The Hall–Kier alpha value is -1.65. The highest BCUT2D eigenvalue weighted by molar-refractivity contribution is 5.72. The topological polar surface area (TPSA) is 59.2 Å². The smallest absolute Gasteiger partial charge is 0.310 e. The van der Waals surface area contributed by atoms with Crippen LogP contribution in [0.25, 0.3) is 0 Å². The average Bonchev–Trinajstić information content (AvgIpc) is 2.11. The van der Waals surface area contributed by atoms with Crippen molar-refractivity contribution >= 4 is 5.97 Å². The van der Waals surface area contributed by atoms with Crippen LogP contribution in [-0.4, -0.2) is 18.1 Å². The lowest BCUT2D eigenvalue weighted by Gasteiger charge is -1.98. The van der Waals surface area contributed by atoms with Crippen LogP contribution in [-0.2, 0) is 16.0 Å². The Labute approximate surface area is 73.3 Å². The van der Waals surface area contributed by atoms with Crippen molar-refractivity contribution in [1.29, 1.82) is 0 Å². The minimum absolute atomic E-state index is 0.0514. The second-order valence-electron chi connectivity index (χ2n) is 2.44. The Balaban J connectivity index is 2.86. The molecule has 0 atom stereocenters. The second-order valence-corrected chi connectivity index (χ2v) is 2.44. The molecule has 4 nitrogen and oxygen atoms in total. The maximum atomic E-state index is 12.6. The molecular weight excluding hydrogens is 177 g/mol. The summed E-state index contributed by atoms with van der Waals surface area (Å²) in [5.74, 6) is -1.38. The van der Waals surface area contributed by atoms with E-state index in [2.05, 4.69) is 9.72 Å². The molecular formula is C8H8FNO3. The van der Waals surface area contributed by atoms with Crippen LogP contribution in [0, 0.1) is 5.82 Å². The summed E-state index contributed by atoms with van der Waals surface area (Å²) in [6, 6.07) is 1.01. The van der Waals surface area contributed by atoms with Crippen LogP contribution in [0.1, 0.15) is 5.56 Å². The van der Waals surface area contributed by atoms with Gasteiger partial charge in [-0.25, -0.2) is 4.39 Å². The van der Waals surface area contributed by atoms with Gasteiger partial charge in [-0.15, -0.1) is 0 Å². The number of H-pyrrole nitrogens is 1. The zero-order valence-corrected chi connectivity index (χ0v) is 6.96. The predicted octanol–water partition coefficient (Wildman–Crippen LogP) is 0.229. The van der Waals surface area contributed by atoms with E-state index in [1.54, 1.807) is 0 Å². The molecule has 0 aliphatic rings. The number of carbonyl (C=O) groups is 1. The molecule has 1 aromatic rings. The highest BCUT2D eigenvalue weighted by Crippen LogP contribution is 1.99. The summed E-state index contributed by atoms with van der Waals surface area (Å²) in [5, 5.41) is 0. The largest absolute Gasteiger partial charge is 0.469 e. The third kappa shape index (κ3) is 2.40. The molecule has 0 fully saturated rings. The maximum absolute atomic E-state index is 12.6. The second kappa shape index (κ2) is 3.84. The van der Waals surface area contributed by atoms with Crippen LogP contribution in [0.3, 0.4) is 0 Å². The van der Waals surface area contributed by atoms with E-state index >= 15 is 0 Å². The lowest BCUT2D eigenvalue weighted by Crippen LogP contribution is -2.12. The van der Waals surface area contributed by atoms with E-state index in [-0.39, 0.29) is 6.42 Å². The van der Waals surface area contributed by atoms with Gasteiger partial charge in [0.1, 0.15) is 0 Å². The fourth-order valence-electron chi connectivity index (χ4n) is 0.838. The van der Waals surface area contributed by atoms with Crippen molar-refractivity contribution in [2.45, 2.75) is 6.42 Å². The SMILES string of the molecule is COC(=O)Cc1c[nH]c(=O)c(F)c1. The molecule has 0 aromatic carbocycles. The van der Waals surface area contributed by atoms with Gasteiger partial charge in [0.2, 0.25) is 0 Å². The van der Waals surface area contributed by atoms with Crippen LogP contribution in [0.4, 0.5) is 4.39 Å². The lowest BCUT2D eigenvalue weighted by atomic mass is 10.2. The minimum Gasteiger partial charge on any atom is -0.469 e. The molecule has 1 rings (SSSR count). The summed E-state index contributed by atoms with van der Waals surface area (Å²) in [7, 11) is 1.24. The molecule has 1 aromatic heterocycles. The van der Waals surface area contributed by atoms with E-state index < -0.39 is 17.3 Å². The van der Waals surface area contributed by atoms with Gasteiger partial charge >= 0.3 is 5.97 Å². The summed E-state index contributed by atoms with van der Waals surface area (Å²) >= 11 is 0. The van der Waals surface area contributed by atoms with E-state index in [1.165, 1.54) is 13.3 Å². The van der Waals surface area contributed by atoms with Crippen molar-refractivity contribution in [2.24, 2.45) is 0 Å². The van der Waals surface area contributed by atoms with Crippen LogP contribution in [0.2, 0.25) is 0 Å². The van der Waals surface area contributed by atoms with Crippen molar-refractivity contribution in [3.05, 3.63) is 34.0 Å². The molecule has 0 saturated carbocycles. The van der Waals surface area contributed by atoms with E-state index in [0.717, 1.165) is 6.07 Å². The molecule has 0 radical (unpaired) electrons. The van der Waals surface area contributed by atoms with Crippen LogP contribution in [0.5, 0.6) is 0 Å². The molecule has 0 bridgehead atoms. The summed E-state index contributed by atoms with van der Waals surface area (Å²) in [5.41, 5.74) is -0.419. The van der Waals surface area contributed by atoms with E-state index in [1.807, 2.05) is 0 Å². The Bertz CT molecular complexity index is 372. The zero-order valence-electron chi connectivity index (χ0n) is 6.96. The van der Waals surface area contributed by atoms with E-state index in [9.17, 15) is 14.0 Å². The van der Waals surface area contributed by atoms with Crippen LogP contribution in [0.15, 0.2) is 17.1 Å². The Morgan fingerprint density at radius 2 is 2.38 bits per heavy atom. The van der Waals surface area contributed by atoms with Gasteiger partial charge in [-0.1, -0.05) is 0 Å². The number of rotatable bonds is 2. The van der Waals surface area contributed by atoms with Crippen LogP contribution >= 0.6 is 0 Å². The molecule has 0 saturated heterocycles. The van der Waals surface area contributed by atoms with Gasteiger partial charge in [-0.05, 0) is 11.6 Å². The Morgan fingerprint density at radius 3 is 2.92 bits per heavy atom.